The van der Waals surface area contributed by atoms with Crippen molar-refractivity contribution in [1.29, 1.82) is 0 Å². The van der Waals surface area contributed by atoms with E-state index in [0.29, 0.717) is 0 Å². The minimum absolute atomic E-state index is 0.209. The molecule has 16 heavy (non-hydrogen) atoms. The summed E-state index contributed by atoms with van der Waals surface area (Å²) < 4.78 is 5.58. The average Bonchev–Trinajstić information content (AvgIpc) is 2.30. The van der Waals surface area contributed by atoms with E-state index in [1.165, 1.54) is 0 Å². The van der Waals surface area contributed by atoms with Crippen molar-refractivity contribution >= 4 is 0 Å². The van der Waals surface area contributed by atoms with Crippen molar-refractivity contribution in [1.82, 2.24) is 4.98 Å². The minimum atomic E-state index is 0.209. The normalized spacial score (nSPS) is 10.4. The van der Waals surface area contributed by atoms with Crippen LogP contribution in [0.15, 0.2) is 48.7 Å². The highest BCUT2D eigenvalue weighted by Gasteiger charge is 2.00. The Kier molecular flexibility index (Phi) is 3.20. The third-order valence-corrected chi connectivity index (χ3v) is 2.19. The molecule has 0 amide bonds. The first-order valence-corrected chi connectivity index (χ1v) is 5.44. The van der Waals surface area contributed by atoms with Crippen LogP contribution >= 0.6 is 0 Å². The number of hydrogen-bond donors (Lipinski definition) is 0. The van der Waals surface area contributed by atoms with Gasteiger partial charge in [-0.3, -0.25) is 4.98 Å². The number of aromatic nitrogens is 1. The maximum atomic E-state index is 5.58. The molecule has 2 rings (SSSR count). The van der Waals surface area contributed by atoms with E-state index in [9.17, 15) is 0 Å². The van der Waals surface area contributed by atoms with Crippen LogP contribution in [0.5, 0.6) is 5.75 Å². The first-order chi connectivity index (χ1) is 7.75. The van der Waals surface area contributed by atoms with Crippen molar-refractivity contribution in [2.45, 2.75) is 20.0 Å². The molecule has 2 nitrogen and oxygen atoms in total. The summed E-state index contributed by atoms with van der Waals surface area (Å²) in [7, 11) is 0. The monoisotopic (exact) mass is 213 g/mol. The summed E-state index contributed by atoms with van der Waals surface area (Å²) in [5.41, 5.74) is 2.09. The molecule has 0 aliphatic heterocycles. The van der Waals surface area contributed by atoms with Gasteiger partial charge in [-0.25, -0.2) is 0 Å². The highest BCUT2D eigenvalue weighted by molar-refractivity contribution is 5.59. The SMILES string of the molecule is CC(C)Oc1ccc(-c2ccccn2)cc1. The first kappa shape index (κ1) is 10.7. The second-order valence-corrected chi connectivity index (χ2v) is 3.91. The minimum Gasteiger partial charge on any atom is -0.491 e. The first-order valence-electron chi connectivity index (χ1n) is 5.44. The molecule has 1 aromatic heterocycles. The van der Waals surface area contributed by atoms with Gasteiger partial charge in [-0.1, -0.05) is 6.07 Å². The van der Waals surface area contributed by atoms with Gasteiger partial charge in [0.1, 0.15) is 5.75 Å². The van der Waals surface area contributed by atoms with Crippen LogP contribution in [0.3, 0.4) is 0 Å². The van der Waals surface area contributed by atoms with Crippen LogP contribution < -0.4 is 4.74 Å². The highest BCUT2D eigenvalue weighted by atomic mass is 16.5. The highest BCUT2D eigenvalue weighted by Crippen LogP contribution is 2.20. The van der Waals surface area contributed by atoms with Gasteiger partial charge >= 0.3 is 0 Å². The van der Waals surface area contributed by atoms with Crippen molar-refractivity contribution in [2.75, 3.05) is 0 Å². The number of pyridine rings is 1. The van der Waals surface area contributed by atoms with E-state index in [1.807, 2.05) is 56.3 Å². The fourth-order valence-electron chi connectivity index (χ4n) is 1.51. The molecule has 0 aliphatic rings. The lowest BCUT2D eigenvalue weighted by molar-refractivity contribution is 0.242. The second-order valence-electron chi connectivity index (χ2n) is 3.91. The third kappa shape index (κ3) is 2.60. The van der Waals surface area contributed by atoms with Gasteiger partial charge in [-0.2, -0.15) is 0 Å². The molecule has 2 heteroatoms. The van der Waals surface area contributed by atoms with Crippen molar-refractivity contribution in [3.05, 3.63) is 48.7 Å². The Labute approximate surface area is 95.9 Å². The van der Waals surface area contributed by atoms with Gasteiger partial charge in [0.2, 0.25) is 0 Å². The Morgan fingerprint density at radius 2 is 1.75 bits per heavy atom. The molecule has 0 saturated carbocycles. The summed E-state index contributed by atoms with van der Waals surface area (Å²) >= 11 is 0. The van der Waals surface area contributed by atoms with Crippen molar-refractivity contribution in [2.24, 2.45) is 0 Å². The number of benzene rings is 1. The maximum Gasteiger partial charge on any atom is 0.119 e. The molecule has 82 valence electrons. The standard InChI is InChI=1S/C14H15NO/c1-11(2)16-13-8-6-12(7-9-13)14-5-3-4-10-15-14/h3-11H,1-2H3. The Hall–Kier alpha value is -1.83. The smallest absolute Gasteiger partial charge is 0.119 e. The second kappa shape index (κ2) is 4.79. The molecule has 1 aromatic carbocycles. The van der Waals surface area contributed by atoms with E-state index >= 15 is 0 Å². The van der Waals surface area contributed by atoms with Crippen LogP contribution in [0.4, 0.5) is 0 Å². The predicted molar refractivity (Wildman–Crippen MR) is 65.4 cm³/mol. The van der Waals surface area contributed by atoms with Crippen molar-refractivity contribution < 1.29 is 4.74 Å². The Balaban J connectivity index is 2.20. The fraction of sp³-hybridized carbons (Fsp3) is 0.214. The van der Waals surface area contributed by atoms with Gasteiger partial charge in [0, 0.05) is 11.8 Å². The van der Waals surface area contributed by atoms with Gasteiger partial charge in [-0.05, 0) is 50.2 Å². The number of hydrogen-bond acceptors (Lipinski definition) is 2. The summed E-state index contributed by atoms with van der Waals surface area (Å²) in [6.07, 6.45) is 2.01. The van der Waals surface area contributed by atoms with E-state index in [1.54, 1.807) is 6.20 Å². The lowest BCUT2D eigenvalue weighted by Gasteiger charge is -2.09. The molecule has 0 aliphatic carbocycles. The van der Waals surface area contributed by atoms with Crippen LogP contribution in [-0.2, 0) is 0 Å². The molecule has 0 atom stereocenters. The Bertz CT molecular complexity index is 434. The van der Waals surface area contributed by atoms with Crippen molar-refractivity contribution in [3.63, 3.8) is 0 Å². The van der Waals surface area contributed by atoms with E-state index in [4.69, 9.17) is 4.74 Å². The molecule has 1 heterocycles. The fourth-order valence-corrected chi connectivity index (χ4v) is 1.51. The summed E-state index contributed by atoms with van der Waals surface area (Å²) in [6, 6.07) is 13.9. The molecule has 0 fully saturated rings. The lowest BCUT2D eigenvalue weighted by Crippen LogP contribution is -2.05. The summed E-state index contributed by atoms with van der Waals surface area (Å²) in [6.45, 7) is 4.04. The summed E-state index contributed by atoms with van der Waals surface area (Å²) in [5.74, 6) is 0.898. The van der Waals surface area contributed by atoms with E-state index < -0.39 is 0 Å². The molecular weight excluding hydrogens is 198 g/mol. The molecule has 0 bridgehead atoms. The van der Waals surface area contributed by atoms with Crippen LogP contribution in [-0.4, -0.2) is 11.1 Å². The summed E-state index contributed by atoms with van der Waals surface area (Å²) in [5, 5.41) is 0. The van der Waals surface area contributed by atoms with Crippen LogP contribution in [0, 0.1) is 0 Å². The molecule has 2 aromatic rings. The maximum absolute atomic E-state index is 5.58. The zero-order chi connectivity index (χ0) is 11.4. The Morgan fingerprint density at radius 3 is 2.31 bits per heavy atom. The largest absolute Gasteiger partial charge is 0.491 e. The molecular formula is C14H15NO. The topological polar surface area (TPSA) is 22.1 Å². The van der Waals surface area contributed by atoms with Gasteiger partial charge < -0.3 is 4.74 Å². The van der Waals surface area contributed by atoms with Gasteiger partial charge in [0.05, 0.1) is 11.8 Å². The predicted octanol–water partition coefficient (Wildman–Crippen LogP) is 3.54. The van der Waals surface area contributed by atoms with E-state index in [0.717, 1.165) is 17.0 Å². The van der Waals surface area contributed by atoms with Crippen molar-refractivity contribution in [3.8, 4) is 17.0 Å². The summed E-state index contributed by atoms with van der Waals surface area (Å²) in [4.78, 5) is 4.30. The Morgan fingerprint density at radius 1 is 1.00 bits per heavy atom. The molecule has 0 radical (unpaired) electrons. The van der Waals surface area contributed by atoms with E-state index in [2.05, 4.69) is 4.98 Å². The lowest BCUT2D eigenvalue weighted by atomic mass is 10.1. The molecule has 0 spiro atoms. The third-order valence-electron chi connectivity index (χ3n) is 2.19. The van der Waals surface area contributed by atoms with E-state index in [-0.39, 0.29) is 6.10 Å². The van der Waals surface area contributed by atoms with Crippen LogP contribution in [0.2, 0.25) is 0 Å². The zero-order valence-electron chi connectivity index (χ0n) is 9.55. The van der Waals surface area contributed by atoms with Gasteiger partial charge in [-0.15, -0.1) is 0 Å². The molecule has 0 saturated heterocycles. The van der Waals surface area contributed by atoms with Crippen LogP contribution in [0.1, 0.15) is 13.8 Å². The molecule has 0 N–H and O–H groups in total. The zero-order valence-corrected chi connectivity index (χ0v) is 9.55. The van der Waals surface area contributed by atoms with Gasteiger partial charge in [0.15, 0.2) is 0 Å². The number of nitrogens with zero attached hydrogens (tertiary/aromatic N) is 1. The quantitative estimate of drug-likeness (QED) is 0.778. The molecule has 0 unspecified atom stereocenters. The average molecular weight is 213 g/mol. The number of rotatable bonds is 3. The van der Waals surface area contributed by atoms with Gasteiger partial charge in [0.25, 0.3) is 0 Å². The van der Waals surface area contributed by atoms with Crippen LogP contribution in [0.25, 0.3) is 11.3 Å². The number of ether oxygens (including phenoxy) is 1.